The van der Waals surface area contributed by atoms with Crippen molar-refractivity contribution in [2.24, 2.45) is 0 Å². The number of esters is 1. The zero-order chi connectivity index (χ0) is 47.9. The predicted octanol–water partition coefficient (Wildman–Crippen LogP) is 15.6. The van der Waals surface area contributed by atoms with E-state index in [0.717, 1.165) is 50.6 Å². The molecule has 0 saturated heterocycles. The van der Waals surface area contributed by atoms with Crippen LogP contribution in [-0.2, 0) is 15.6 Å². The number of nitrogens with zero attached hydrogens (tertiary/aromatic N) is 1. The van der Waals surface area contributed by atoms with Gasteiger partial charge in [-0.25, -0.2) is 4.79 Å². The summed E-state index contributed by atoms with van der Waals surface area (Å²) in [7, 11) is 1.67. The second-order valence-corrected chi connectivity index (χ2v) is 18.3. The molecule has 7 heteroatoms. The van der Waals surface area contributed by atoms with Crippen molar-refractivity contribution in [2.75, 3.05) is 12.0 Å². The van der Waals surface area contributed by atoms with Crippen molar-refractivity contribution < 1.29 is 28.5 Å². The standard InChI is InChI=1S/C62H51NO6/c1-40-10-26-50(27-11-40)63(57-39-15-44-13-12-42-8-7-9-43-14-38-56(57)59(44)58(42)43)51-28-16-47(17-29-51)62(5,48-22-30-52(66-6)31-23-48)49-24-36-55(37-25-49)69-60(65)68-54-34-20-46(21-35-54)61(3,4)45-18-32-53(33-19-45)67-41(2)64/h7-39H,1-6H3. The molecule has 0 fully saturated rings. The van der Waals surface area contributed by atoms with Crippen LogP contribution >= 0.6 is 0 Å². The number of carbonyl (C=O) groups is 2. The van der Waals surface area contributed by atoms with Crippen molar-refractivity contribution in [2.45, 2.75) is 45.4 Å². The summed E-state index contributed by atoms with van der Waals surface area (Å²) in [6.07, 6.45) is -0.841. The van der Waals surface area contributed by atoms with Crippen LogP contribution in [0.4, 0.5) is 21.9 Å². The first-order chi connectivity index (χ1) is 33.4. The van der Waals surface area contributed by atoms with Gasteiger partial charge in [0.25, 0.3) is 0 Å². The van der Waals surface area contributed by atoms with Gasteiger partial charge in [-0.15, -0.1) is 0 Å². The summed E-state index contributed by atoms with van der Waals surface area (Å²) in [5.41, 5.74) is 8.61. The second kappa shape index (κ2) is 18.0. The van der Waals surface area contributed by atoms with E-state index in [4.69, 9.17) is 18.9 Å². The van der Waals surface area contributed by atoms with Crippen LogP contribution in [0.5, 0.6) is 23.0 Å². The number of rotatable bonds is 12. The number of carbonyl (C=O) groups excluding carboxylic acids is 2. The smallest absolute Gasteiger partial charge is 0.497 e. The summed E-state index contributed by atoms with van der Waals surface area (Å²) in [5.74, 6) is 1.61. The first-order valence-corrected chi connectivity index (χ1v) is 23.1. The van der Waals surface area contributed by atoms with Gasteiger partial charge in [-0.05, 0) is 147 Å². The Morgan fingerprint density at radius 1 is 0.435 bits per heavy atom. The number of benzene rings is 10. The zero-order valence-corrected chi connectivity index (χ0v) is 39.4. The van der Waals surface area contributed by atoms with E-state index < -0.39 is 11.6 Å². The van der Waals surface area contributed by atoms with Gasteiger partial charge in [0.05, 0.1) is 12.8 Å². The molecule has 0 spiro atoms. The molecule has 0 aromatic heterocycles. The van der Waals surface area contributed by atoms with Gasteiger partial charge in [-0.1, -0.05) is 141 Å². The van der Waals surface area contributed by atoms with E-state index in [0.29, 0.717) is 17.2 Å². The molecule has 10 aromatic rings. The molecule has 0 amide bonds. The van der Waals surface area contributed by atoms with E-state index in [1.807, 2.05) is 48.5 Å². The van der Waals surface area contributed by atoms with Crippen LogP contribution in [0.2, 0.25) is 0 Å². The van der Waals surface area contributed by atoms with Crippen LogP contribution < -0.4 is 23.8 Å². The monoisotopic (exact) mass is 905 g/mol. The normalized spacial score (nSPS) is 12.4. The van der Waals surface area contributed by atoms with Gasteiger partial charge in [0.2, 0.25) is 0 Å². The van der Waals surface area contributed by atoms with Gasteiger partial charge in [-0.2, -0.15) is 0 Å². The van der Waals surface area contributed by atoms with Gasteiger partial charge in [0.15, 0.2) is 0 Å². The Morgan fingerprint density at radius 2 is 0.841 bits per heavy atom. The minimum atomic E-state index is -0.841. The molecule has 340 valence electrons. The highest BCUT2D eigenvalue weighted by Crippen LogP contribution is 2.46. The third kappa shape index (κ3) is 8.48. The molecule has 0 aliphatic heterocycles. The molecule has 0 N–H and O–H groups in total. The van der Waals surface area contributed by atoms with Gasteiger partial charge in [0, 0.05) is 34.5 Å². The van der Waals surface area contributed by atoms with Gasteiger partial charge in [0.1, 0.15) is 23.0 Å². The summed E-state index contributed by atoms with van der Waals surface area (Å²) < 4.78 is 22.1. The van der Waals surface area contributed by atoms with Crippen LogP contribution in [0.15, 0.2) is 200 Å². The number of aryl methyl sites for hydroxylation is 1. The summed E-state index contributed by atoms with van der Waals surface area (Å²) in [6, 6.07) is 68.1. The van der Waals surface area contributed by atoms with Crippen LogP contribution in [-0.4, -0.2) is 19.2 Å². The molecule has 1 atom stereocenters. The van der Waals surface area contributed by atoms with E-state index >= 15 is 0 Å². The highest BCUT2D eigenvalue weighted by atomic mass is 16.7. The van der Waals surface area contributed by atoms with Gasteiger partial charge in [-0.3, -0.25) is 4.79 Å². The van der Waals surface area contributed by atoms with Crippen molar-refractivity contribution in [3.63, 3.8) is 0 Å². The molecule has 10 aromatic carbocycles. The number of anilines is 3. The first-order valence-electron chi connectivity index (χ1n) is 23.1. The minimum Gasteiger partial charge on any atom is -0.497 e. The number of hydrogen-bond donors (Lipinski definition) is 0. The Morgan fingerprint density at radius 3 is 1.33 bits per heavy atom. The van der Waals surface area contributed by atoms with E-state index in [9.17, 15) is 9.59 Å². The van der Waals surface area contributed by atoms with Crippen LogP contribution in [0.1, 0.15) is 61.1 Å². The van der Waals surface area contributed by atoms with Crippen LogP contribution in [0.25, 0.3) is 32.3 Å². The maximum atomic E-state index is 13.2. The lowest BCUT2D eigenvalue weighted by Gasteiger charge is -2.33. The Balaban J connectivity index is 0.929. The molecule has 69 heavy (non-hydrogen) atoms. The second-order valence-electron chi connectivity index (χ2n) is 18.3. The lowest BCUT2D eigenvalue weighted by Crippen LogP contribution is -2.25. The Hall–Kier alpha value is -8.42. The highest BCUT2D eigenvalue weighted by molar-refractivity contribution is 6.25. The largest absolute Gasteiger partial charge is 0.519 e. The molecular formula is C62H51NO6. The Kier molecular flexibility index (Phi) is 11.6. The molecule has 7 nitrogen and oxygen atoms in total. The fraction of sp³-hybridized carbons (Fsp3) is 0.129. The van der Waals surface area contributed by atoms with Crippen molar-refractivity contribution in [1.29, 1.82) is 0 Å². The third-order valence-electron chi connectivity index (χ3n) is 13.7. The molecule has 0 radical (unpaired) electrons. The molecule has 0 bridgehead atoms. The van der Waals surface area contributed by atoms with Crippen molar-refractivity contribution in [1.82, 2.24) is 0 Å². The maximum Gasteiger partial charge on any atom is 0.519 e. The van der Waals surface area contributed by atoms with Crippen LogP contribution in [0, 0.1) is 6.92 Å². The molecule has 0 heterocycles. The fourth-order valence-electron chi connectivity index (χ4n) is 9.69. The molecule has 1 unspecified atom stereocenters. The molecule has 0 aliphatic rings. The molecule has 0 aliphatic carbocycles. The number of ether oxygens (including phenoxy) is 4. The Labute approximate surface area is 402 Å². The summed E-state index contributed by atoms with van der Waals surface area (Å²) in [4.78, 5) is 26.9. The van der Waals surface area contributed by atoms with E-state index in [2.05, 4.69) is 148 Å². The van der Waals surface area contributed by atoms with E-state index in [1.165, 1.54) is 44.8 Å². The molecule has 10 rings (SSSR count). The van der Waals surface area contributed by atoms with Crippen LogP contribution in [0.3, 0.4) is 0 Å². The number of hydrogen-bond acceptors (Lipinski definition) is 7. The van der Waals surface area contributed by atoms with Gasteiger partial charge >= 0.3 is 12.1 Å². The SMILES string of the molecule is COc1ccc(C(C)(c2ccc(OC(=O)Oc3ccc(C(C)(C)c4ccc(OC(C)=O)cc4)cc3)cc2)c2ccc(N(c3ccc(C)cc3)c3ccc4ccc5cccc6ccc3c4c56)cc2)cc1. The summed E-state index contributed by atoms with van der Waals surface area (Å²) in [6.45, 7) is 9.92. The minimum absolute atomic E-state index is 0.355. The predicted molar refractivity (Wildman–Crippen MR) is 278 cm³/mol. The topological polar surface area (TPSA) is 74.3 Å². The van der Waals surface area contributed by atoms with Crippen molar-refractivity contribution in [3.8, 4) is 23.0 Å². The first kappa shape index (κ1) is 44.4. The fourth-order valence-corrected chi connectivity index (χ4v) is 9.69. The lowest BCUT2D eigenvalue weighted by molar-refractivity contribution is -0.131. The highest BCUT2D eigenvalue weighted by Gasteiger charge is 2.32. The maximum absolute atomic E-state index is 13.2. The average molecular weight is 906 g/mol. The molecular weight excluding hydrogens is 855 g/mol. The lowest BCUT2D eigenvalue weighted by atomic mass is 9.71. The Bertz CT molecular complexity index is 3440. The van der Waals surface area contributed by atoms with Crippen molar-refractivity contribution in [3.05, 3.63) is 234 Å². The van der Waals surface area contributed by atoms with E-state index in [1.54, 1.807) is 43.5 Å². The van der Waals surface area contributed by atoms with E-state index in [-0.39, 0.29) is 11.4 Å². The third-order valence-corrected chi connectivity index (χ3v) is 13.7. The quantitative estimate of drug-likeness (QED) is 0.0397. The average Bonchev–Trinajstić information content (AvgIpc) is 3.37. The summed E-state index contributed by atoms with van der Waals surface area (Å²) >= 11 is 0. The van der Waals surface area contributed by atoms with Gasteiger partial charge < -0.3 is 23.8 Å². The summed E-state index contributed by atoms with van der Waals surface area (Å²) in [5, 5.41) is 7.42. The molecule has 0 saturated carbocycles. The van der Waals surface area contributed by atoms with Crippen molar-refractivity contribution >= 4 is 61.5 Å². The number of methoxy groups -OCH3 is 1. The zero-order valence-electron chi connectivity index (χ0n) is 39.4.